The van der Waals surface area contributed by atoms with E-state index < -0.39 is 0 Å². The first kappa shape index (κ1) is 17.9. The van der Waals surface area contributed by atoms with Crippen molar-refractivity contribution in [1.29, 1.82) is 5.26 Å². The van der Waals surface area contributed by atoms with Gasteiger partial charge in [0, 0.05) is 49.7 Å². The number of fused-ring (bicyclic) bond motifs is 1. The molecule has 1 N–H and O–H groups in total. The summed E-state index contributed by atoms with van der Waals surface area (Å²) in [5, 5.41) is 13.8. The molecule has 1 aliphatic carbocycles. The van der Waals surface area contributed by atoms with Crippen molar-refractivity contribution in [1.82, 2.24) is 15.3 Å². The Morgan fingerprint density at radius 3 is 3.04 bits per heavy atom. The molecule has 2 aromatic rings. The van der Waals surface area contributed by atoms with Crippen LogP contribution in [-0.2, 0) is 0 Å². The monoisotopic (exact) mass is 357 g/mol. The Labute approximate surface area is 154 Å². The van der Waals surface area contributed by atoms with E-state index in [9.17, 15) is 0 Å². The van der Waals surface area contributed by atoms with Crippen LogP contribution in [0.1, 0.15) is 32.6 Å². The Bertz CT molecular complexity index is 772. The molecule has 0 bridgehead atoms. The van der Waals surface area contributed by atoms with Crippen LogP contribution in [0, 0.1) is 17.2 Å². The molecule has 6 heteroatoms. The molecule has 0 spiro atoms. The summed E-state index contributed by atoms with van der Waals surface area (Å²) in [6.45, 7) is 3.05. The van der Waals surface area contributed by atoms with E-state index in [1.165, 1.54) is 0 Å². The number of aromatic nitrogens is 2. The second kappa shape index (κ2) is 7.99. The molecule has 1 fully saturated rings. The molecule has 0 saturated heterocycles. The number of anilines is 1. The van der Waals surface area contributed by atoms with Crippen molar-refractivity contribution in [2.24, 2.45) is 5.92 Å². The summed E-state index contributed by atoms with van der Waals surface area (Å²) in [5.74, 6) is 1.52. The first-order chi connectivity index (χ1) is 12.1. The molecule has 3 atom stereocenters. The molecule has 1 saturated carbocycles. The van der Waals surface area contributed by atoms with Gasteiger partial charge in [-0.15, -0.1) is 0 Å². The van der Waals surface area contributed by atoms with E-state index in [4.69, 9.17) is 16.9 Å². The summed E-state index contributed by atoms with van der Waals surface area (Å²) >= 11 is 6.23. The number of rotatable bonds is 5. The van der Waals surface area contributed by atoms with E-state index in [1.54, 1.807) is 6.20 Å². The Balaban J connectivity index is 1.82. The van der Waals surface area contributed by atoms with Gasteiger partial charge in [0.25, 0.3) is 0 Å². The van der Waals surface area contributed by atoms with Crippen molar-refractivity contribution in [3.63, 3.8) is 0 Å². The maximum atomic E-state index is 8.74. The zero-order chi connectivity index (χ0) is 17.8. The second-order valence-corrected chi connectivity index (χ2v) is 7.36. The largest absolute Gasteiger partial charge is 0.356 e. The van der Waals surface area contributed by atoms with Crippen molar-refractivity contribution in [3.05, 3.63) is 29.5 Å². The fourth-order valence-corrected chi connectivity index (χ4v) is 4.04. The number of halogens is 1. The van der Waals surface area contributed by atoms with Crippen LogP contribution in [0.4, 0.5) is 5.82 Å². The third-order valence-corrected chi connectivity index (χ3v) is 5.21. The summed E-state index contributed by atoms with van der Waals surface area (Å²) in [6.07, 6.45) is 5.66. The highest BCUT2D eigenvalue weighted by Gasteiger charge is 2.30. The average molecular weight is 358 g/mol. The van der Waals surface area contributed by atoms with Gasteiger partial charge >= 0.3 is 0 Å². The third-order valence-electron chi connectivity index (χ3n) is 5.02. The van der Waals surface area contributed by atoms with Gasteiger partial charge in [0.15, 0.2) is 0 Å². The van der Waals surface area contributed by atoms with Gasteiger partial charge in [0.05, 0.1) is 11.6 Å². The summed E-state index contributed by atoms with van der Waals surface area (Å²) in [7, 11) is 2.10. The molecule has 0 amide bonds. The predicted molar refractivity (Wildman–Crippen MR) is 102 cm³/mol. The van der Waals surface area contributed by atoms with Crippen molar-refractivity contribution in [2.45, 2.75) is 44.7 Å². The van der Waals surface area contributed by atoms with Crippen molar-refractivity contribution in [2.75, 3.05) is 18.5 Å². The molecule has 1 aliphatic rings. The van der Waals surface area contributed by atoms with Crippen molar-refractivity contribution < 1.29 is 0 Å². The molecule has 5 nitrogen and oxygen atoms in total. The first-order valence-corrected chi connectivity index (χ1v) is 9.20. The second-order valence-electron chi connectivity index (χ2n) is 6.97. The van der Waals surface area contributed by atoms with Gasteiger partial charge in [-0.25, -0.2) is 4.98 Å². The maximum absolute atomic E-state index is 8.74. The van der Waals surface area contributed by atoms with Crippen molar-refractivity contribution in [3.8, 4) is 6.07 Å². The van der Waals surface area contributed by atoms with Gasteiger partial charge in [-0.3, -0.25) is 4.98 Å². The fourth-order valence-electron chi connectivity index (χ4n) is 3.85. The van der Waals surface area contributed by atoms with Gasteiger partial charge < -0.3 is 10.2 Å². The van der Waals surface area contributed by atoms with Crippen LogP contribution in [0.3, 0.4) is 0 Å². The average Bonchev–Trinajstić information content (AvgIpc) is 2.60. The minimum absolute atomic E-state index is 0.387. The number of nitrogens with zero attached hydrogens (tertiary/aromatic N) is 4. The van der Waals surface area contributed by atoms with Gasteiger partial charge in [0.2, 0.25) is 0 Å². The van der Waals surface area contributed by atoms with E-state index in [0.29, 0.717) is 29.6 Å². The Morgan fingerprint density at radius 1 is 1.40 bits per heavy atom. The highest BCUT2D eigenvalue weighted by Crippen LogP contribution is 2.33. The summed E-state index contributed by atoms with van der Waals surface area (Å²) in [5.41, 5.74) is 0.872. The number of pyridine rings is 2. The number of hydrogen-bond acceptors (Lipinski definition) is 5. The maximum Gasteiger partial charge on any atom is 0.139 e. The molecule has 0 radical (unpaired) electrons. The van der Waals surface area contributed by atoms with E-state index in [2.05, 4.69) is 40.2 Å². The summed E-state index contributed by atoms with van der Waals surface area (Å²) < 4.78 is 0. The van der Waals surface area contributed by atoms with Crippen LogP contribution in [0.5, 0.6) is 0 Å². The molecule has 0 aromatic carbocycles. The minimum atomic E-state index is 0.387. The van der Waals surface area contributed by atoms with Crippen LogP contribution in [0.15, 0.2) is 24.4 Å². The third kappa shape index (κ3) is 4.20. The smallest absolute Gasteiger partial charge is 0.139 e. The zero-order valence-electron chi connectivity index (χ0n) is 14.7. The summed E-state index contributed by atoms with van der Waals surface area (Å²) in [6, 6.07) is 8.82. The van der Waals surface area contributed by atoms with Crippen LogP contribution in [0.2, 0.25) is 5.15 Å². The van der Waals surface area contributed by atoms with E-state index in [1.807, 2.05) is 18.2 Å². The van der Waals surface area contributed by atoms with Gasteiger partial charge in [-0.2, -0.15) is 5.26 Å². The lowest BCUT2D eigenvalue weighted by atomic mass is 9.82. The molecular formula is C19H24ClN5. The Hall–Kier alpha value is -1.90. The number of nitriles is 1. The molecule has 2 heterocycles. The highest BCUT2D eigenvalue weighted by molar-refractivity contribution is 6.30. The lowest BCUT2D eigenvalue weighted by Gasteiger charge is -2.39. The number of hydrogen-bond donors (Lipinski definition) is 1. The molecule has 132 valence electrons. The Morgan fingerprint density at radius 2 is 2.24 bits per heavy atom. The highest BCUT2D eigenvalue weighted by atomic mass is 35.5. The molecule has 3 rings (SSSR count). The molecule has 3 unspecified atom stereocenters. The van der Waals surface area contributed by atoms with E-state index in [0.717, 1.165) is 42.5 Å². The van der Waals surface area contributed by atoms with E-state index >= 15 is 0 Å². The first-order valence-electron chi connectivity index (χ1n) is 8.83. The Kier molecular flexibility index (Phi) is 5.72. The quantitative estimate of drug-likeness (QED) is 0.651. The molecule has 2 aromatic heterocycles. The van der Waals surface area contributed by atoms with Gasteiger partial charge in [-0.05, 0) is 37.3 Å². The van der Waals surface area contributed by atoms with Crippen molar-refractivity contribution >= 4 is 28.3 Å². The lowest BCUT2D eigenvalue weighted by Crippen LogP contribution is -2.45. The number of nitrogens with one attached hydrogen (secondary N) is 1. The SMILES string of the molecule is CC1CC(NCCC#N)CC(N(C)c2nc(Cl)cc3ncccc23)C1. The van der Waals surface area contributed by atoms with Gasteiger partial charge in [-0.1, -0.05) is 18.5 Å². The van der Waals surface area contributed by atoms with Crippen LogP contribution < -0.4 is 10.2 Å². The van der Waals surface area contributed by atoms with Gasteiger partial charge in [0.1, 0.15) is 11.0 Å². The summed E-state index contributed by atoms with van der Waals surface area (Å²) in [4.78, 5) is 11.3. The predicted octanol–water partition coefficient (Wildman–Crippen LogP) is 3.78. The zero-order valence-corrected chi connectivity index (χ0v) is 15.5. The topological polar surface area (TPSA) is 64.8 Å². The van der Waals surface area contributed by atoms with Crippen LogP contribution in [0.25, 0.3) is 10.9 Å². The normalized spacial score (nSPS) is 23.4. The molecule has 0 aliphatic heterocycles. The van der Waals surface area contributed by atoms with Crippen LogP contribution in [-0.4, -0.2) is 35.6 Å². The molecular weight excluding hydrogens is 334 g/mol. The lowest BCUT2D eigenvalue weighted by molar-refractivity contribution is 0.269. The van der Waals surface area contributed by atoms with Crippen LogP contribution >= 0.6 is 11.6 Å². The standard InChI is InChI=1S/C19H24ClN5/c1-13-9-14(22-8-4-6-21)11-15(10-13)25(2)19-16-5-3-7-23-17(16)12-18(20)24-19/h3,5,7,12-15,22H,4,8-11H2,1-2H3. The fraction of sp³-hybridized carbons (Fsp3) is 0.526. The molecule has 25 heavy (non-hydrogen) atoms. The minimum Gasteiger partial charge on any atom is -0.356 e. The van der Waals surface area contributed by atoms with E-state index in [-0.39, 0.29) is 0 Å².